The summed E-state index contributed by atoms with van der Waals surface area (Å²) in [6.07, 6.45) is 0. The lowest BCUT2D eigenvalue weighted by atomic mass is 9.93. The van der Waals surface area contributed by atoms with E-state index in [1.165, 1.54) is 0 Å². The van der Waals surface area contributed by atoms with Gasteiger partial charge in [-0.05, 0) is 41.2 Å². The Hall–Kier alpha value is -1.33. The van der Waals surface area contributed by atoms with E-state index in [2.05, 4.69) is 48.3 Å². The topological polar surface area (TPSA) is 46.2 Å². The Balaban J connectivity index is 2.54. The zero-order chi connectivity index (χ0) is 17.2. The minimum atomic E-state index is -3.63. The normalized spacial score (nSPS) is 12.0. The fourth-order valence-electron chi connectivity index (χ4n) is 2.50. The van der Waals surface area contributed by atoms with Crippen molar-refractivity contribution in [3.05, 3.63) is 58.1 Å². The summed E-state index contributed by atoms with van der Waals surface area (Å²) in [6, 6.07) is 12.7. The Morgan fingerprint density at radius 1 is 0.913 bits per heavy atom. The van der Waals surface area contributed by atoms with Crippen LogP contribution in [-0.4, -0.2) is 8.42 Å². The molecule has 0 bridgehead atoms. The summed E-state index contributed by atoms with van der Waals surface area (Å²) in [5.74, 6) is 0.461. The van der Waals surface area contributed by atoms with Crippen molar-refractivity contribution in [3.63, 3.8) is 0 Å². The smallest absolute Gasteiger partial charge is 0.261 e. The third kappa shape index (κ3) is 4.15. The van der Waals surface area contributed by atoms with Gasteiger partial charge in [0.15, 0.2) is 0 Å². The van der Waals surface area contributed by atoms with Gasteiger partial charge < -0.3 is 0 Å². The number of sulfonamides is 1. The predicted octanol–water partition coefficient (Wildman–Crippen LogP) is 5.50. The molecule has 0 atom stereocenters. The molecule has 0 heterocycles. The number of anilines is 1. The van der Waals surface area contributed by atoms with Gasteiger partial charge in [0, 0.05) is 4.47 Å². The number of rotatable bonds is 5. The minimum absolute atomic E-state index is 0.230. The fourth-order valence-corrected chi connectivity index (χ4v) is 4.21. The van der Waals surface area contributed by atoms with Gasteiger partial charge in [-0.25, -0.2) is 8.42 Å². The zero-order valence-electron chi connectivity index (χ0n) is 13.8. The van der Waals surface area contributed by atoms with Crippen molar-refractivity contribution in [1.82, 2.24) is 0 Å². The molecule has 0 aliphatic heterocycles. The van der Waals surface area contributed by atoms with Crippen LogP contribution in [0.15, 0.2) is 51.8 Å². The number of hydrogen-bond acceptors (Lipinski definition) is 2. The molecular formula is C18H22BrNO2S. The van der Waals surface area contributed by atoms with Gasteiger partial charge in [-0.1, -0.05) is 67.9 Å². The van der Waals surface area contributed by atoms with E-state index in [0.717, 1.165) is 15.6 Å². The largest absolute Gasteiger partial charge is 0.279 e. The molecule has 0 amide bonds. The second kappa shape index (κ2) is 7.05. The first-order valence-corrected chi connectivity index (χ1v) is 9.91. The van der Waals surface area contributed by atoms with Gasteiger partial charge >= 0.3 is 0 Å². The predicted molar refractivity (Wildman–Crippen MR) is 99.6 cm³/mol. The zero-order valence-corrected chi connectivity index (χ0v) is 16.2. The summed E-state index contributed by atoms with van der Waals surface area (Å²) in [5, 5.41) is 0. The van der Waals surface area contributed by atoms with Crippen LogP contribution in [0.1, 0.15) is 50.7 Å². The summed E-state index contributed by atoms with van der Waals surface area (Å²) < 4.78 is 29.1. The van der Waals surface area contributed by atoms with E-state index in [1.807, 2.05) is 18.2 Å². The molecule has 0 fully saturated rings. The molecule has 2 rings (SSSR count). The summed E-state index contributed by atoms with van der Waals surface area (Å²) >= 11 is 3.32. The highest BCUT2D eigenvalue weighted by atomic mass is 79.9. The van der Waals surface area contributed by atoms with Gasteiger partial charge in [0.05, 0.1) is 10.6 Å². The molecule has 1 N–H and O–H groups in total. The average Bonchev–Trinajstić information content (AvgIpc) is 2.46. The number of benzene rings is 2. The van der Waals surface area contributed by atoms with Crippen molar-refractivity contribution in [1.29, 1.82) is 0 Å². The van der Waals surface area contributed by atoms with E-state index >= 15 is 0 Å². The maximum atomic E-state index is 12.8. The van der Waals surface area contributed by atoms with Crippen molar-refractivity contribution in [3.8, 4) is 0 Å². The lowest BCUT2D eigenvalue weighted by molar-refractivity contribution is 0.601. The van der Waals surface area contributed by atoms with Crippen LogP contribution in [0.2, 0.25) is 0 Å². The quantitative estimate of drug-likeness (QED) is 0.726. The highest BCUT2D eigenvalue weighted by Crippen LogP contribution is 2.34. The molecule has 2 aromatic carbocycles. The molecule has 3 nitrogen and oxygen atoms in total. The Labute approximate surface area is 147 Å². The molecule has 0 spiro atoms. The van der Waals surface area contributed by atoms with Crippen LogP contribution in [0.4, 0.5) is 5.69 Å². The van der Waals surface area contributed by atoms with E-state index in [9.17, 15) is 8.42 Å². The standard InChI is InChI=1S/C18H22BrNO2S/c1-12(2)16-9-6-10-17(13(3)4)18(16)20-23(21,22)15-8-5-7-14(19)11-15/h5-13,20H,1-4H3. The first-order valence-electron chi connectivity index (χ1n) is 7.63. The lowest BCUT2D eigenvalue weighted by Gasteiger charge is -2.21. The van der Waals surface area contributed by atoms with Gasteiger partial charge in [0.2, 0.25) is 0 Å². The molecular weight excluding hydrogens is 374 g/mol. The van der Waals surface area contributed by atoms with Gasteiger partial charge in [-0.15, -0.1) is 0 Å². The summed E-state index contributed by atoms with van der Waals surface area (Å²) in [5.41, 5.74) is 2.72. The second-order valence-electron chi connectivity index (χ2n) is 6.18. The van der Waals surface area contributed by atoms with Gasteiger partial charge in [-0.3, -0.25) is 4.72 Å². The number of nitrogens with one attached hydrogen (secondary N) is 1. The second-order valence-corrected chi connectivity index (χ2v) is 8.78. The van der Waals surface area contributed by atoms with Crippen LogP contribution < -0.4 is 4.72 Å². The highest BCUT2D eigenvalue weighted by molar-refractivity contribution is 9.10. The number of hydrogen-bond donors (Lipinski definition) is 1. The molecule has 0 radical (unpaired) electrons. The van der Waals surface area contributed by atoms with E-state index in [4.69, 9.17) is 0 Å². The average molecular weight is 396 g/mol. The first-order chi connectivity index (χ1) is 10.7. The molecule has 0 aromatic heterocycles. The molecule has 0 aliphatic rings. The van der Waals surface area contributed by atoms with Gasteiger partial charge in [-0.2, -0.15) is 0 Å². The number of para-hydroxylation sites is 1. The molecule has 0 aliphatic carbocycles. The Bertz CT molecular complexity index is 772. The van der Waals surface area contributed by atoms with Gasteiger partial charge in [0.1, 0.15) is 0 Å². The molecule has 0 saturated heterocycles. The van der Waals surface area contributed by atoms with Crippen molar-refractivity contribution in [2.45, 2.75) is 44.4 Å². The molecule has 124 valence electrons. The van der Waals surface area contributed by atoms with Gasteiger partial charge in [0.25, 0.3) is 10.0 Å². The van der Waals surface area contributed by atoms with Crippen LogP contribution in [-0.2, 0) is 10.0 Å². The highest BCUT2D eigenvalue weighted by Gasteiger charge is 2.20. The van der Waals surface area contributed by atoms with Crippen molar-refractivity contribution < 1.29 is 8.42 Å². The van der Waals surface area contributed by atoms with E-state index in [1.54, 1.807) is 24.3 Å². The monoisotopic (exact) mass is 395 g/mol. The fraction of sp³-hybridized carbons (Fsp3) is 0.333. The third-order valence-corrected chi connectivity index (χ3v) is 5.56. The molecule has 23 heavy (non-hydrogen) atoms. The van der Waals surface area contributed by atoms with Crippen molar-refractivity contribution >= 4 is 31.6 Å². The summed E-state index contributed by atoms with van der Waals surface area (Å²) in [4.78, 5) is 0.250. The Morgan fingerprint density at radius 3 is 1.91 bits per heavy atom. The number of halogens is 1. The maximum Gasteiger partial charge on any atom is 0.261 e. The van der Waals surface area contributed by atoms with Crippen LogP contribution in [0.3, 0.4) is 0 Å². The van der Waals surface area contributed by atoms with Crippen molar-refractivity contribution in [2.24, 2.45) is 0 Å². The first kappa shape index (κ1) is 18.0. The van der Waals surface area contributed by atoms with E-state index in [0.29, 0.717) is 5.69 Å². The van der Waals surface area contributed by atoms with Crippen molar-refractivity contribution in [2.75, 3.05) is 4.72 Å². The maximum absolute atomic E-state index is 12.8. The lowest BCUT2D eigenvalue weighted by Crippen LogP contribution is -2.16. The molecule has 5 heteroatoms. The van der Waals surface area contributed by atoms with Crippen LogP contribution >= 0.6 is 15.9 Å². The van der Waals surface area contributed by atoms with Crippen LogP contribution in [0, 0.1) is 0 Å². The van der Waals surface area contributed by atoms with Crippen LogP contribution in [0.25, 0.3) is 0 Å². The molecule has 2 aromatic rings. The summed E-state index contributed by atoms with van der Waals surface area (Å²) in [7, 11) is -3.63. The van der Waals surface area contributed by atoms with Crippen LogP contribution in [0.5, 0.6) is 0 Å². The Morgan fingerprint density at radius 2 is 1.43 bits per heavy atom. The third-order valence-electron chi connectivity index (χ3n) is 3.72. The Kier molecular flexibility index (Phi) is 5.53. The SMILES string of the molecule is CC(C)c1cccc(C(C)C)c1NS(=O)(=O)c1cccc(Br)c1. The molecule has 0 saturated carbocycles. The minimum Gasteiger partial charge on any atom is -0.279 e. The van der Waals surface area contributed by atoms with E-state index in [-0.39, 0.29) is 16.7 Å². The summed E-state index contributed by atoms with van der Waals surface area (Å²) in [6.45, 7) is 8.26. The van der Waals surface area contributed by atoms with E-state index < -0.39 is 10.0 Å². The molecule has 0 unspecified atom stereocenters.